The summed E-state index contributed by atoms with van der Waals surface area (Å²) in [6.45, 7) is 4.91. The van der Waals surface area contributed by atoms with Crippen LogP contribution in [0.4, 0.5) is 0 Å². The molecular weight excluding hydrogens is 220 g/mol. The molecule has 18 heavy (non-hydrogen) atoms. The van der Waals surface area contributed by atoms with E-state index in [1.54, 1.807) is 0 Å². The highest BCUT2D eigenvalue weighted by atomic mass is 14.7. The summed E-state index contributed by atoms with van der Waals surface area (Å²) in [4.78, 5) is 4.38. The van der Waals surface area contributed by atoms with Gasteiger partial charge in [-0.3, -0.25) is 4.98 Å². The van der Waals surface area contributed by atoms with Gasteiger partial charge in [-0.1, -0.05) is 35.4 Å². The van der Waals surface area contributed by atoms with Crippen LogP contribution >= 0.6 is 0 Å². The summed E-state index contributed by atoms with van der Waals surface area (Å²) >= 11 is 0. The quantitative estimate of drug-likeness (QED) is 0.892. The predicted octanol–water partition coefficient (Wildman–Crippen LogP) is 2.98. The van der Waals surface area contributed by atoms with Gasteiger partial charge in [0, 0.05) is 17.8 Å². The van der Waals surface area contributed by atoms with E-state index in [0.717, 1.165) is 12.1 Å². The molecule has 1 heterocycles. The van der Waals surface area contributed by atoms with Gasteiger partial charge >= 0.3 is 0 Å². The molecule has 0 fully saturated rings. The van der Waals surface area contributed by atoms with Gasteiger partial charge in [-0.2, -0.15) is 0 Å². The lowest BCUT2D eigenvalue weighted by Gasteiger charge is -2.16. The molecule has 1 atom stereocenters. The Morgan fingerprint density at radius 1 is 1.11 bits per heavy atom. The fraction of sp³-hybridized carbons (Fsp3) is 0.312. The molecule has 0 radical (unpaired) electrons. The van der Waals surface area contributed by atoms with Crippen molar-refractivity contribution in [3.05, 3.63) is 65.0 Å². The first-order valence-electron chi connectivity index (χ1n) is 6.37. The zero-order valence-electron chi connectivity index (χ0n) is 11.1. The van der Waals surface area contributed by atoms with Crippen molar-refractivity contribution < 1.29 is 0 Å². The van der Waals surface area contributed by atoms with Gasteiger partial charge in [-0.05, 0) is 44.5 Å². The van der Waals surface area contributed by atoms with Crippen molar-refractivity contribution in [2.24, 2.45) is 5.73 Å². The minimum absolute atomic E-state index is 0.346. The minimum atomic E-state index is 0.346. The van der Waals surface area contributed by atoms with Gasteiger partial charge in [0.25, 0.3) is 0 Å². The highest BCUT2D eigenvalue weighted by Crippen LogP contribution is 2.21. The Kier molecular flexibility index (Phi) is 4.11. The van der Waals surface area contributed by atoms with Crippen LogP contribution in [0.1, 0.15) is 28.3 Å². The summed E-state index contributed by atoms with van der Waals surface area (Å²) in [6, 6.07) is 12.7. The number of benzene rings is 1. The van der Waals surface area contributed by atoms with Crippen molar-refractivity contribution in [1.82, 2.24) is 4.98 Å². The van der Waals surface area contributed by atoms with Crippen molar-refractivity contribution in [2.45, 2.75) is 26.2 Å². The molecule has 1 aromatic carbocycles. The summed E-state index contributed by atoms with van der Waals surface area (Å²) in [6.07, 6.45) is 2.74. The molecule has 94 valence electrons. The molecule has 0 saturated heterocycles. The highest BCUT2D eigenvalue weighted by molar-refractivity contribution is 5.32. The Hall–Kier alpha value is -1.67. The van der Waals surface area contributed by atoms with Crippen LogP contribution in [0.3, 0.4) is 0 Å². The van der Waals surface area contributed by atoms with Crippen LogP contribution < -0.4 is 5.73 Å². The second-order valence-electron chi connectivity index (χ2n) is 4.88. The van der Waals surface area contributed by atoms with Crippen LogP contribution in [-0.4, -0.2) is 11.5 Å². The number of pyridine rings is 1. The van der Waals surface area contributed by atoms with Crippen molar-refractivity contribution in [1.29, 1.82) is 0 Å². The third-order valence-corrected chi connectivity index (χ3v) is 3.18. The maximum atomic E-state index is 5.93. The first-order valence-corrected chi connectivity index (χ1v) is 6.37. The number of aromatic nitrogens is 1. The predicted molar refractivity (Wildman–Crippen MR) is 75.7 cm³/mol. The fourth-order valence-corrected chi connectivity index (χ4v) is 2.35. The zero-order chi connectivity index (χ0) is 13.0. The van der Waals surface area contributed by atoms with E-state index in [9.17, 15) is 0 Å². The van der Waals surface area contributed by atoms with Crippen LogP contribution in [0.25, 0.3) is 0 Å². The molecule has 2 nitrogen and oxygen atoms in total. The number of nitrogens with zero attached hydrogens (tertiary/aromatic N) is 1. The van der Waals surface area contributed by atoms with Crippen molar-refractivity contribution in [3.8, 4) is 0 Å². The van der Waals surface area contributed by atoms with E-state index in [2.05, 4.69) is 43.1 Å². The van der Waals surface area contributed by atoms with Crippen molar-refractivity contribution in [3.63, 3.8) is 0 Å². The average molecular weight is 240 g/mol. The van der Waals surface area contributed by atoms with Gasteiger partial charge in [0.15, 0.2) is 0 Å². The number of rotatable bonds is 4. The third-order valence-electron chi connectivity index (χ3n) is 3.18. The SMILES string of the molecule is Cc1cc(C)cc(C(CN)Cc2ccccn2)c1. The molecule has 0 saturated carbocycles. The van der Waals surface area contributed by atoms with E-state index >= 15 is 0 Å². The van der Waals surface area contributed by atoms with E-state index < -0.39 is 0 Å². The molecule has 0 aliphatic heterocycles. The van der Waals surface area contributed by atoms with E-state index in [-0.39, 0.29) is 0 Å². The van der Waals surface area contributed by atoms with Gasteiger partial charge in [0.05, 0.1) is 0 Å². The molecule has 0 spiro atoms. The van der Waals surface area contributed by atoms with E-state index in [1.807, 2.05) is 18.3 Å². The molecule has 0 bridgehead atoms. The maximum absolute atomic E-state index is 5.93. The average Bonchev–Trinajstić information content (AvgIpc) is 2.36. The lowest BCUT2D eigenvalue weighted by Crippen LogP contribution is -2.16. The maximum Gasteiger partial charge on any atom is 0.0410 e. The van der Waals surface area contributed by atoms with Gasteiger partial charge in [-0.25, -0.2) is 0 Å². The van der Waals surface area contributed by atoms with Gasteiger partial charge < -0.3 is 5.73 Å². The van der Waals surface area contributed by atoms with Crippen LogP contribution in [0.5, 0.6) is 0 Å². The zero-order valence-corrected chi connectivity index (χ0v) is 11.1. The second-order valence-corrected chi connectivity index (χ2v) is 4.88. The lowest BCUT2D eigenvalue weighted by atomic mass is 9.91. The highest BCUT2D eigenvalue weighted by Gasteiger charge is 2.12. The third kappa shape index (κ3) is 3.17. The first-order chi connectivity index (χ1) is 8.69. The Bertz CT molecular complexity index is 486. The van der Waals surface area contributed by atoms with Gasteiger partial charge in [0.2, 0.25) is 0 Å². The number of aryl methyl sites for hydroxylation is 2. The summed E-state index contributed by atoms with van der Waals surface area (Å²) in [7, 11) is 0. The number of nitrogens with two attached hydrogens (primary N) is 1. The Balaban J connectivity index is 2.23. The molecule has 0 aliphatic carbocycles. The number of hydrogen-bond donors (Lipinski definition) is 1. The topological polar surface area (TPSA) is 38.9 Å². The summed E-state index contributed by atoms with van der Waals surface area (Å²) in [5.41, 5.74) is 10.9. The Morgan fingerprint density at radius 2 is 1.83 bits per heavy atom. The molecule has 1 unspecified atom stereocenters. The largest absolute Gasteiger partial charge is 0.330 e. The first kappa shape index (κ1) is 12.8. The van der Waals surface area contributed by atoms with Crippen LogP contribution in [-0.2, 0) is 6.42 Å². The molecule has 2 rings (SSSR count). The van der Waals surface area contributed by atoms with Crippen molar-refractivity contribution in [2.75, 3.05) is 6.54 Å². The monoisotopic (exact) mass is 240 g/mol. The van der Waals surface area contributed by atoms with Crippen LogP contribution in [0.2, 0.25) is 0 Å². The Labute approximate surface area is 109 Å². The molecule has 2 aromatic rings. The van der Waals surface area contributed by atoms with Crippen LogP contribution in [0, 0.1) is 13.8 Å². The molecule has 2 N–H and O–H groups in total. The smallest absolute Gasteiger partial charge is 0.0410 e. The lowest BCUT2D eigenvalue weighted by molar-refractivity contribution is 0.681. The van der Waals surface area contributed by atoms with E-state index in [4.69, 9.17) is 5.73 Å². The molecular formula is C16H20N2. The fourth-order valence-electron chi connectivity index (χ4n) is 2.35. The summed E-state index contributed by atoms with van der Waals surface area (Å²) < 4.78 is 0. The Morgan fingerprint density at radius 3 is 2.39 bits per heavy atom. The van der Waals surface area contributed by atoms with E-state index in [0.29, 0.717) is 12.5 Å². The van der Waals surface area contributed by atoms with Gasteiger partial charge in [-0.15, -0.1) is 0 Å². The van der Waals surface area contributed by atoms with E-state index in [1.165, 1.54) is 16.7 Å². The van der Waals surface area contributed by atoms with Crippen molar-refractivity contribution >= 4 is 0 Å². The number of hydrogen-bond acceptors (Lipinski definition) is 2. The second kappa shape index (κ2) is 5.78. The standard InChI is InChI=1S/C16H20N2/c1-12-7-13(2)9-14(8-12)15(11-17)10-16-5-3-4-6-18-16/h3-9,15H,10-11,17H2,1-2H3. The summed E-state index contributed by atoms with van der Waals surface area (Å²) in [5.74, 6) is 0.346. The molecule has 2 heteroatoms. The normalized spacial score (nSPS) is 12.4. The van der Waals surface area contributed by atoms with Crippen LogP contribution in [0.15, 0.2) is 42.6 Å². The molecule has 0 aliphatic rings. The summed E-state index contributed by atoms with van der Waals surface area (Å²) in [5, 5.41) is 0. The molecule has 1 aromatic heterocycles. The molecule has 0 amide bonds. The minimum Gasteiger partial charge on any atom is -0.330 e. The van der Waals surface area contributed by atoms with Gasteiger partial charge in [0.1, 0.15) is 0 Å².